The van der Waals surface area contributed by atoms with Crippen molar-refractivity contribution in [3.63, 3.8) is 0 Å². The zero-order valence-electron chi connectivity index (χ0n) is 9.73. The summed E-state index contributed by atoms with van der Waals surface area (Å²) in [6.07, 6.45) is -0.142. The first-order valence-electron chi connectivity index (χ1n) is 5.14. The minimum Gasteiger partial charge on any atom is -0.494 e. The van der Waals surface area contributed by atoms with Gasteiger partial charge in [-0.1, -0.05) is 6.07 Å². The zero-order chi connectivity index (χ0) is 12.8. The summed E-state index contributed by atoms with van der Waals surface area (Å²) in [5, 5.41) is 8.74. The molecule has 0 atom stereocenters. The molecule has 0 saturated carbocycles. The van der Waals surface area contributed by atoms with E-state index >= 15 is 0 Å². The summed E-state index contributed by atoms with van der Waals surface area (Å²) in [7, 11) is 1.29. The van der Waals surface area contributed by atoms with Crippen LogP contribution in [0.15, 0.2) is 18.2 Å². The van der Waals surface area contributed by atoms with E-state index in [1.54, 1.807) is 13.0 Å². The fourth-order valence-electron chi connectivity index (χ4n) is 1.40. The molecular formula is C12H14O5. The molecule has 1 aromatic carbocycles. The first-order valence-corrected chi connectivity index (χ1v) is 5.14. The number of rotatable bonds is 5. The van der Waals surface area contributed by atoms with Gasteiger partial charge < -0.3 is 14.6 Å². The molecule has 0 aromatic heterocycles. The summed E-state index contributed by atoms with van der Waals surface area (Å²) in [5.41, 5.74) is 0.872. The second-order valence-electron chi connectivity index (χ2n) is 3.32. The topological polar surface area (TPSA) is 72.8 Å². The van der Waals surface area contributed by atoms with Crippen LogP contribution in [0.25, 0.3) is 0 Å². The van der Waals surface area contributed by atoms with Crippen LogP contribution in [0.5, 0.6) is 5.75 Å². The van der Waals surface area contributed by atoms with Gasteiger partial charge in [-0.15, -0.1) is 0 Å². The largest absolute Gasteiger partial charge is 0.494 e. The number of hydrogen-bond acceptors (Lipinski definition) is 4. The fourth-order valence-corrected chi connectivity index (χ4v) is 1.40. The van der Waals surface area contributed by atoms with Crippen LogP contribution in [-0.4, -0.2) is 30.8 Å². The Labute approximate surface area is 99.0 Å². The molecule has 0 aliphatic carbocycles. The molecule has 0 fully saturated rings. The summed E-state index contributed by atoms with van der Waals surface area (Å²) < 4.78 is 9.88. The molecule has 1 aromatic rings. The molecule has 92 valence electrons. The van der Waals surface area contributed by atoms with Crippen molar-refractivity contribution in [1.82, 2.24) is 0 Å². The minimum atomic E-state index is -0.947. The van der Waals surface area contributed by atoms with Crippen LogP contribution in [-0.2, 0) is 16.0 Å². The maximum Gasteiger partial charge on any atom is 0.337 e. The van der Waals surface area contributed by atoms with Gasteiger partial charge >= 0.3 is 11.9 Å². The lowest BCUT2D eigenvalue weighted by molar-refractivity contribution is -0.136. The van der Waals surface area contributed by atoms with Crippen molar-refractivity contribution in [2.24, 2.45) is 0 Å². The molecule has 0 heterocycles. The van der Waals surface area contributed by atoms with Crippen LogP contribution in [0.3, 0.4) is 0 Å². The lowest BCUT2D eigenvalue weighted by atomic mass is 10.1. The Bertz CT molecular complexity index is 425. The molecule has 0 aliphatic heterocycles. The Morgan fingerprint density at radius 3 is 2.59 bits per heavy atom. The number of esters is 1. The molecule has 0 bridgehead atoms. The molecule has 0 unspecified atom stereocenters. The van der Waals surface area contributed by atoms with E-state index in [-0.39, 0.29) is 6.42 Å². The van der Waals surface area contributed by atoms with Gasteiger partial charge in [0.1, 0.15) is 5.75 Å². The van der Waals surface area contributed by atoms with Crippen LogP contribution in [0.1, 0.15) is 22.8 Å². The van der Waals surface area contributed by atoms with Gasteiger partial charge in [-0.3, -0.25) is 4.79 Å². The highest BCUT2D eigenvalue weighted by Gasteiger charge is 2.12. The number of carboxylic acid groups (broad SMARTS) is 1. The molecule has 0 spiro atoms. The Balaban J connectivity index is 3.07. The number of carbonyl (C=O) groups is 2. The number of carboxylic acids is 1. The average molecular weight is 238 g/mol. The van der Waals surface area contributed by atoms with Crippen LogP contribution < -0.4 is 4.74 Å². The van der Waals surface area contributed by atoms with Crippen molar-refractivity contribution in [3.05, 3.63) is 29.3 Å². The van der Waals surface area contributed by atoms with Gasteiger partial charge in [0, 0.05) is 5.56 Å². The van der Waals surface area contributed by atoms with Gasteiger partial charge in [-0.2, -0.15) is 0 Å². The van der Waals surface area contributed by atoms with Gasteiger partial charge in [-0.05, 0) is 19.1 Å². The van der Waals surface area contributed by atoms with E-state index in [4.69, 9.17) is 9.84 Å². The third-order valence-electron chi connectivity index (χ3n) is 2.13. The zero-order valence-corrected chi connectivity index (χ0v) is 9.73. The molecule has 1 N–H and O–H groups in total. The van der Waals surface area contributed by atoms with E-state index in [2.05, 4.69) is 4.74 Å². The summed E-state index contributed by atoms with van der Waals surface area (Å²) in [5.74, 6) is -1.03. The van der Waals surface area contributed by atoms with Crippen molar-refractivity contribution in [1.29, 1.82) is 0 Å². The van der Waals surface area contributed by atoms with Crippen molar-refractivity contribution >= 4 is 11.9 Å². The van der Waals surface area contributed by atoms with Crippen molar-refractivity contribution in [2.75, 3.05) is 13.7 Å². The Morgan fingerprint density at radius 1 is 1.35 bits per heavy atom. The highest BCUT2D eigenvalue weighted by Crippen LogP contribution is 2.21. The number of methoxy groups -OCH3 is 1. The SMILES string of the molecule is CCOc1cc(C(=O)OC)ccc1CC(=O)O. The number of ether oxygens (including phenoxy) is 2. The predicted molar refractivity (Wildman–Crippen MR) is 60.3 cm³/mol. The molecule has 1 rings (SSSR count). The van der Waals surface area contributed by atoms with Crippen LogP contribution in [0.4, 0.5) is 0 Å². The monoisotopic (exact) mass is 238 g/mol. The van der Waals surface area contributed by atoms with E-state index in [1.165, 1.54) is 19.2 Å². The number of benzene rings is 1. The number of aliphatic carboxylic acids is 1. The van der Waals surface area contributed by atoms with Gasteiger partial charge in [0.15, 0.2) is 0 Å². The number of hydrogen-bond donors (Lipinski definition) is 1. The summed E-state index contributed by atoms with van der Waals surface area (Å²) in [6.45, 7) is 2.19. The second-order valence-corrected chi connectivity index (χ2v) is 3.32. The molecule has 17 heavy (non-hydrogen) atoms. The van der Waals surface area contributed by atoms with E-state index in [0.717, 1.165) is 0 Å². The van der Waals surface area contributed by atoms with Gasteiger partial charge in [0.25, 0.3) is 0 Å². The third kappa shape index (κ3) is 3.48. The summed E-state index contributed by atoms with van der Waals surface area (Å²) >= 11 is 0. The van der Waals surface area contributed by atoms with E-state index < -0.39 is 11.9 Å². The van der Waals surface area contributed by atoms with E-state index in [1.807, 2.05) is 0 Å². The first kappa shape index (κ1) is 13.0. The molecule has 5 heteroatoms. The molecule has 5 nitrogen and oxygen atoms in total. The van der Waals surface area contributed by atoms with E-state index in [9.17, 15) is 9.59 Å². The lowest BCUT2D eigenvalue weighted by Gasteiger charge is -2.10. The van der Waals surface area contributed by atoms with Crippen molar-refractivity contribution < 1.29 is 24.2 Å². The summed E-state index contributed by atoms with van der Waals surface area (Å²) in [4.78, 5) is 22.0. The highest BCUT2D eigenvalue weighted by molar-refractivity contribution is 5.90. The fraction of sp³-hybridized carbons (Fsp3) is 0.333. The van der Waals surface area contributed by atoms with Crippen LogP contribution in [0, 0.1) is 0 Å². The Hall–Kier alpha value is -2.04. The van der Waals surface area contributed by atoms with Gasteiger partial charge in [0.2, 0.25) is 0 Å². The third-order valence-corrected chi connectivity index (χ3v) is 2.13. The average Bonchev–Trinajstić information content (AvgIpc) is 2.30. The maximum atomic E-state index is 11.3. The molecule has 0 amide bonds. The van der Waals surface area contributed by atoms with Crippen LogP contribution in [0.2, 0.25) is 0 Å². The standard InChI is InChI=1S/C12H14O5/c1-3-17-10-6-9(12(15)16-2)5-4-8(10)7-11(13)14/h4-6H,3,7H2,1-2H3,(H,13,14). The smallest absolute Gasteiger partial charge is 0.337 e. The molecular weight excluding hydrogens is 224 g/mol. The molecule has 0 aliphatic rings. The lowest BCUT2D eigenvalue weighted by Crippen LogP contribution is -2.07. The van der Waals surface area contributed by atoms with E-state index in [0.29, 0.717) is 23.5 Å². The normalized spacial score (nSPS) is 9.76. The Kier molecular flexibility index (Phi) is 4.51. The molecule has 0 saturated heterocycles. The van der Waals surface area contributed by atoms with Gasteiger partial charge in [0.05, 0.1) is 25.7 Å². The highest BCUT2D eigenvalue weighted by atomic mass is 16.5. The predicted octanol–water partition coefficient (Wildman–Crippen LogP) is 1.50. The first-order chi connectivity index (χ1) is 8.08. The van der Waals surface area contributed by atoms with Crippen molar-refractivity contribution in [3.8, 4) is 5.75 Å². The van der Waals surface area contributed by atoms with Crippen molar-refractivity contribution in [2.45, 2.75) is 13.3 Å². The van der Waals surface area contributed by atoms with Gasteiger partial charge in [-0.25, -0.2) is 4.79 Å². The van der Waals surface area contributed by atoms with Crippen LogP contribution >= 0.6 is 0 Å². The minimum absolute atomic E-state index is 0.142. The number of carbonyl (C=O) groups excluding carboxylic acids is 1. The quantitative estimate of drug-likeness (QED) is 0.787. The Morgan fingerprint density at radius 2 is 2.06 bits per heavy atom. The maximum absolute atomic E-state index is 11.3. The second kappa shape index (κ2) is 5.89. The molecule has 0 radical (unpaired) electrons. The summed E-state index contributed by atoms with van der Waals surface area (Å²) in [6, 6.07) is 4.57.